The highest BCUT2D eigenvalue weighted by Crippen LogP contribution is 2.29. The molecule has 110 valence electrons. The molecular formula is C14H21N3O2S. The minimum atomic E-state index is -0.00541. The lowest BCUT2D eigenvalue weighted by Crippen LogP contribution is -2.49. The Hall–Kier alpha value is -1.43. The molecular weight excluding hydrogens is 274 g/mol. The van der Waals surface area contributed by atoms with E-state index in [1.54, 1.807) is 13.3 Å². The molecule has 2 heterocycles. The first-order valence-corrected chi connectivity index (χ1v) is 7.64. The predicted molar refractivity (Wildman–Crippen MR) is 81.1 cm³/mol. The molecule has 0 aliphatic carbocycles. The van der Waals surface area contributed by atoms with E-state index in [-0.39, 0.29) is 10.8 Å². The van der Waals surface area contributed by atoms with Gasteiger partial charge in [0.15, 0.2) is 0 Å². The van der Waals surface area contributed by atoms with Crippen molar-refractivity contribution in [3.05, 3.63) is 23.9 Å². The topological polar surface area (TPSA) is 54.5 Å². The smallest absolute Gasteiger partial charge is 0.317 e. The van der Waals surface area contributed by atoms with Gasteiger partial charge in [-0.05, 0) is 25.5 Å². The third kappa shape index (κ3) is 4.03. The van der Waals surface area contributed by atoms with Crippen LogP contribution in [-0.2, 0) is 6.54 Å². The van der Waals surface area contributed by atoms with E-state index in [2.05, 4.69) is 24.1 Å². The maximum Gasteiger partial charge on any atom is 0.317 e. The van der Waals surface area contributed by atoms with Crippen molar-refractivity contribution in [2.75, 3.05) is 26.0 Å². The van der Waals surface area contributed by atoms with Crippen LogP contribution in [0.2, 0.25) is 0 Å². The summed E-state index contributed by atoms with van der Waals surface area (Å²) in [6, 6.07) is 3.70. The Morgan fingerprint density at radius 2 is 2.40 bits per heavy atom. The molecule has 2 rings (SSSR count). The largest absolute Gasteiger partial charge is 0.481 e. The van der Waals surface area contributed by atoms with Gasteiger partial charge in [-0.15, -0.1) is 0 Å². The van der Waals surface area contributed by atoms with Gasteiger partial charge in [0, 0.05) is 42.4 Å². The summed E-state index contributed by atoms with van der Waals surface area (Å²) >= 11 is 1.91. The maximum atomic E-state index is 12.2. The molecule has 1 aromatic rings. The van der Waals surface area contributed by atoms with Crippen molar-refractivity contribution >= 4 is 17.8 Å². The summed E-state index contributed by atoms with van der Waals surface area (Å²) < 4.78 is 5.20. The van der Waals surface area contributed by atoms with Crippen molar-refractivity contribution in [3.63, 3.8) is 0 Å². The van der Waals surface area contributed by atoms with Gasteiger partial charge in [0.2, 0.25) is 5.88 Å². The van der Waals surface area contributed by atoms with Gasteiger partial charge in [0.05, 0.1) is 7.11 Å². The number of pyridine rings is 1. The van der Waals surface area contributed by atoms with Crippen LogP contribution in [0.1, 0.15) is 19.4 Å². The average Bonchev–Trinajstić information content (AvgIpc) is 2.44. The fraction of sp³-hybridized carbons (Fsp3) is 0.571. The Labute approximate surface area is 124 Å². The highest BCUT2D eigenvalue weighted by Gasteiger charge is 2.29. The van der Waals surface area contributed by atoms with Crippen LogP contribution in [0.3, 0.4) is 0 Å². The fourth-order valence-corrected chi connectivity index (χ4v) is 3.26. The molecule has 20 heavy (non-hydrogen) atoms. The zero-order valence-corrected chi connectivity index (χ0v) is 13.0. The fourth-order valence-electron chi connectivity index (χ4n) is 2.15. The molecule has 1 N–H and O–H groups in total. The average molecular weight is 295 g/mol. The number of hydrogen-bond acceptors (Lipinski definition) is 4. The van der Waals surface area contributed by atoms with E-state index in [0.717, 1.165) is 24.4 Å². The minimum Gasteiger partial charge on any atom is -0.481 e. The van der Waals surface area contributed by atoms with Crippen molar-refractivity contribution in [1.29, 1.82) is 0 Å². The summed E-state index contributed by atoms with van der Waals surface area (Å²) in [4.78, 5) is 18.1. The lowest BCUT2D eigenvalue weighted by Gasteiger charge is -2.37. The van der Waals surface area contributed by atoms with E-state index in [4.69, 9.17) is 4.74 Å². The van der Waals surface area contributed by atoms with Crippen LogP contribution in [0.15, 0.2) is 18.3 Å². The first-order valence-electron chi connectivity index (χ1n) is 6.66. The second kappa shape index (κ2) is 6.35. The number of hydrogen-bond donors (Lipinski definition) is 1. The van der Waals surface area contributed by atoms with Gasteiger partial charge in [-0.2, -0.15) is 11.8 Å². The number of amides is 2. The lowest BCUT2D eigenvalue weighted by molar-refractivity contribution is 0.194. The molecule has 1 aliphatic rings. The molecule has 0 spiro atoms. The number of carbonyl (C=O) groups excluding carboxylic acids is 1. The summed E-state index contributed by atoms with van der Waals surface area (Å²) in [5.74, 6) is 1.55. The normalized spacial score (nSPS) is 17.6. The molecule has 6 heteroatoms. The SMILES string of the molecule is COc1cc(CNC(=O)N2CCSC(C)(C)C2)ccn1. The number of aromatic nitrogens is 1. The first-order chi connectivity index (χ1) is 9.50. The van der Waals surface area contributed by atoms with E-state index < -0.39 is 0 Å². The molecule has 0 radical (unpaired) electrons. The quantitative estimate of drug-likeness (QED) is 0.928. The van der Waals surface area contributed by atoms with Gasteiger partial charge in [0.1, 0.15) is 0 Å². The second-order valence-electron chi connectivity index (χ2n) is 5.39. The highest BCUT2D eigenvalue weighted by molar-refractivity contribution is 8.00. The molecule has 0 unspecified atom stereocenters. The molecule has 1 saturated heterocycles. The van der Waals surface area contributed by atoms with Crippen LogP contribution < -0.4 is 10.1 Å². The monoisotopic (exact) mass is 295 g/mol. The molecule has 0 bridgehead atoms. The van der Waals surface area contributed by atoms with Crippen molar-refractivity contribution < 1.29 is 9.53 Å². The zero-order chi connectivity index (χ0) is 14.6. The molecule has 1 aromatic heterocycles. The second-order valence-corrected chi connectivity index (χ2v) is 7.20. The third-order valence-corrected chi connectivity index (χ3v) is 4.46. The number of thioether (sulfide) groups is 1. The van der Waals surface area contributed by atoms with Gasteiger partial charge < -0.3 is 15.0 Å². The summed E-state index contributed by atoms with van der Waals surface area (Å²) in [6.07, 6.45) is 1.68. The molecule has 5 nitrogen and oxygen atoms in total. The van der Waals surface area contributed by atoms with Gasteiger partial charge in [0.25, 0.3) is 0 Å². The lowest BCUT2D eigenvalue weighted by atomic mass is 10.2. The van der Waals surface area contributed by atoms with E-state index in [0.29, 0.717) is 12.4 Å². The van der Waals surface area contributed by atoms with Crippen molar-refractivity contribution in [3.8, 4) is 5.88 Å². The Morgan fingerprint density at radius 1 is 1.60 bits per heavy atom. The van der Waals surface area contributed by atoms with Crippen LogP contribution in [0.4, 0.5) is 4.79 Å². The van der Waals surface area contributed by atoms with Crippen LogP contribution in [0, 0.1) is 0 Å². The van der Waals surface area contributed by atoms with E-state index in [1.807, 2.05) is 28.8 Å². The Morgan fingerprint density at radius 3 is 3.10 bits per heavy atom. The number of nitrogens with zero attached hydrogens (tertiary/aromatic N) is 2. The number of urea groups is 1. The molecule has 0 aromatic carbocycles. The van der Waals surface area contributed by atoms with Gasteiger partial charge in [-0.3, -0.25) is 0 Å². The summed E-state index contributed by atoms with van der Waals surface area (Å²) in [7, 11) is 1.58. The molecule has 2 amide bonds. The Balaban J connectivity index is 1.88. The van der Waals surface area contributed by atoms with Crippen molar-refractivity contribution in [2.45, 2.75) is 25.1 Å². The predicted octanol–water partition coefficient (Wildman–Crippen LogP) is 2.13. The zero-order valence-electron chi connectivity index (χ0n) is 12.2. The van der Waals surface area contributed by atoms with Gasteiger partial charge >= 0.3 is 6.03 Å². The van der Waals surface area contributed by atoms with Crippen LogP contribution in [0.25, 0.3) is 0 Å². The summed E-state index contributed by atoms with van der Waals surface area (Å²) in [5, 5.41) is 2.95. The number of nitrogens with one attached hydrogen (secondary N) is 1. The van der Waals surface area contributed by atoms with E-state index in [1.165, 1.54) is 0 Å². The van der Waals surface area contributed by atoms with Crippen molar-refractivity contribution in [1.82, 2.24) is 15.2 Å². The molecule has 0 saturated carbocycles. The number of carbonyl (C=O) groups is 1. The Bertz CT molecular complexity index is 479. The van der Waals surface area contributed by atoms with Crippen LogP contribution in [-0.4, -0.2) is 46.6 Å². The van der Waals surface area contributed by atoms with Gasteiger partial charge in [-0.1, -0.05) is 0 Å². The number of ether oxygens (including phenoxy) is 1. The highest BCUT2D eigenvalue weighted by atomic mass is 32.2. The third-order valence-electron chi connectivity index (χ3n) is 3.16. The Kier molecular flexibility index (Phi) is 4.75. The number of rotatable bonds is 3. The van der Waals surface area contributed by atoms with Crippen LogP contribution in [0.5, 0.6) is 5.88 Å². The number of methoxy groups -OCH3 is 1. The van der Waals surface area contributed by atoms with E-state index >= 15 is 0 Å². The van der Waals surface area contributed by atoms with E-state index in [9.17, 15) is 4.79 Å². The molecule has 1 aliphatic heterocycles. The van der Waals surface area contributed by atoms with Crippen LogP contribution >= 0.6 is 11.8 Å². The first kappa shape index (κ1) is 15.0. The maximum absolute atomic E-state index is 12.2. The van der Waals surface area contributed by atoms with Crippen molar-refractivity contribution in [2.24, 2.45) is 0 Å². The van der Waals surface area contributed by atoms with Gasteiger partial charge in [-0.25, -0.2) is 9.78 Å². The minimum absolute atomic E-state index is 0.00541. The molecule has 1 fully saturated rings. The standard InChI is InChI=1S/C14H21N3O2S/c1-14(2)10-17(6-7-20-14)13(18)16-9-11-4-5-15-12(8-11)19-3/h4-5,8H,6-7,9-10H2,1-3H3,(H,16,18). The molecule has 0 atom stereocenters. The summed E-state index contributed by atoms with van der Waals surface area (Å²) in [6.45, 7) is 6.42. The summed E-state index contributed by atoms with van der Waals surface area (Å²) in [5.41, 5.74) is 0.982.